The number of hydrogen-bond acceptors (Lipinski definition) is 2. The summed E-state index contributed by atoms with van der Waals surface area (Å²) < 4.78 is 19.1. The molecule has 2 aromatic rings. The SMILES string of the molecule is Fc1cc(Cl)cc(NCC2OCCc3ccccc32)c1. The molecule has 1 N–H and O–H groups in total. The van der Waals surface area contributed by atoms with Gasteiger partial charge in [0, 0.05) is 17.3 Å². The number of ether oxygens (including phenoxy) is 1. The van der Waals surface area contributed by atoms with Crippen LogP contribution in [-0.4, -0.2) is 13.2 Å². The lowest BCUT2D eigenvalue weighted by Gasteiger charge is -2.26. The Balaban J connectivity index is 1.73. The summed E-state index contributed by atoms with van der Waals surface area (Å²) in [7, 11) is 0. The van der Waals surface area contributed by atoms with Gasteiger partial charge in [-0.05, 0) is 35.7 Å². The van der Waals surface area contributed by atoms with E-state index >= 15 is 0 Å². The van der Waals surface area contributed by atoms with Gasteiger partial charge < -0.3 is 10.1 Å². The molecular formula is C16H15ClFNO. The van der Waals surface area contributed by atoms with Crippen molar-refractivity contribution in [3.8, 4) is 0 Å². The van der Waals surface area contributed by atoms with Gasteiger partial charge in [0.1, 0.15) is 5.82 Å². The largest absolute Gasteiger partial charge is 0.382 e. The zero-order valence-corrected chi connectivity index (χ0v) is 11.7. The van der Waals surface area contributed by atoms with E-state index in [0.29, 0.717) is 23.9 Å². The molecule has 0 fully saturated rings. The Morgan fingerprint density at radius 3 is 2.95 bits per heavy atom. The second-order valence-electron chi connectivity index (χ2n) is 4.85. The summed E-state index contributed by atoms with van der Waals surface area (Å²) in [6.07, 6.45) is 0.931. The molecule has 0 aliphatic carbocycles. The third-order valence-electron chi connectivity index (χ3n) is 3.45. The minimum atomic E-state index is -0.343. The third kappa shape index (κ3) is 2.94. The molecule has 2 aromatic carbocycles. The minimum Gasteiger partial charge on any atom is -0.382 e. The summed E-state index contributed by atoms with van der Waals surface area (Å²) in [5, 5.41) is 3.57. The molecular weight excluding hydrogens is 277 g/mol. The summed E-state index contributed by atoms with van der Waals surface area (Å²) >= 11 is 5.84. The summed E-state index contributed by atoms with van der Waals surface area (Å²) in [6.45, 7) is 1.31. The highest BCUT2D eigenvalue weighted by Gasteiger charge is 2.20. The second-order valence-corrected chi connectivity index (χ2v) is 5.28. The molecule has 0 amide bonds. The zero-order valence-electron chi connectivity index (χ0n) is 10.9. The lowest BCUT2D eigenvalue weighted by Crippen LogP contribution is -2.22. The minimum absolute atomic E-state index is 0.0120. The molecule has 0 aromatic heterocycles. The molecule has 1 unspecified atom stereocenters. The van der Waals surface area contributed by atoms with E-state index in [1.54, 1.807) is 6.07 Å². The van der Waals surface area contributed by atoms with Gasteiger partial charge in [0.25, 0.3) is 0 Å². The Morgan fingerprint density at radius 1 is 1.25 bits per heavy atom. The third-order valence-corrected chi connectivity index (χ3v) is 3.66. The van der Waals surface area contributed by atoms with Crippen molar-refractivity contribution in [3.63, 3.8) is 0 Å². The molecule has 1 aliphatic rings. The molecule has 20 heavy (non-hydrogen) atoms. The lowest BCUT2D eigenvalue weighted by atomic mass is 9.97. The van der Waals surface area contributed by atoms with Gasteiger partial charge in [0.2, 0.25) is 0 Å². The van der Waals surface area contributed by atoms with E-state index in [1.807, 2.05) is 12.1 Å². The maximum absolute atomic E-state index is 13.3. The smallest absolute Gasteiger partial charge is 0.126 e. The van der Waals surface area contributed by atoms with Crippen molar-refractivity contribution in [3.05, 3.63) is 64.4 Å². The van der Waals surface area contributed by atoms with Crippen LogP contribution in [0.2, 0.25) is 5.02 Å². The molecule has 1 heterocycles. The van der Waals surface area contributed by atoms with Crippen molar-refractivity contribution in [2.24, 2.45) is 0 Å². The lowest BCUT2D eigenvalue weighted by molar-refractivity contribution is 0.0513. The van der Waals surface area contributed by atoms with Crippen molar-refractivity contribution in [1.82, 2.24) is 0 Å². The van der Waals surface area contributed by atoms with Crippen LogP contribution in [0.3, 0.4) is 0 Å². The highest BCUT2D eigenvalue weighted by Crippen LogP contribution is 2.27. The summed E-state index contributed by atoms with van der Waals surface area (Å²) in [4.78, 5) is 0. The first-order valence-electron chi connectivity index (χ1n) is 6.62. The van der Waals surface area contributed by atoms with Crippen LogP contribution in [0.15, 0.2) is 42.5 Å². The number of nitrogens with one attached hydrogen (secondary N) is 1. The van der Waals surface area contributed by atoms with Crippen molar-refractivity contribution < 1.29 is 9.13 Å². The van der Waals surface area contributed by atoms with E-state index in [-0.39, 0.29) is 11.9 Å². The van der Waals surface area contributed by atoms with E-state index < -0.39 is 0 Å². The van der Waals surface area contributed by atoms with Gasteiger partial charge in [-0.1, -0.05) is 35.9 Å². The molecule has 4 heteroatoms. The van der Waals surface area contributed by atoms with Crippen LogP contribution >= 0.6 is 11.6 Å². The monoisotopic (exact) mass is 291 g/mol. The number of rotatable bonds is 3. The standard InChI is InChI=1S/C16H15ClFNO/c17-12-7-13(18)9-14(8-12)19-10-16-15-4-2-1-3-11(15)5-6-20-16/h1-4,7-9,16,19H,5-6,10H2. The highest BCUT2D eigenvalue weighted by molar-refractivity contribution is 6.30. The average molecular weight is 292 g/mol. The topological polar surface area (TPSA) is 21.3 Å². The van der Waals surface area contributed by atoms with Crippen LogP contribution in [-0.2, 0) is 11.2 Å². The Labute approximate surface area is 122 Å². The van der Waals surface area contributed by atoms with E-state index in [2.05, 4.69) is 17.4 Å². The van der Waals surface area contributed by atoms with Crippen LogP contribution in [0.5, 0.6) is 0 Å². The van der Waals surface area contributed by atoms with Crippen LogP contribution in [0.4, 0.5) is 10.1 Å². The van der Waals surface area contributed by atoms with E-state index in [9.17, 15) is 4.39 Å². The van der Waals surface area contributed by atoms with Gasteiger partial charge in [0.15, 0.2) is 0 Å². The van der Waals surface area contributed by atoms with E-state index in [1.165, 1.54) is 23.3 Å². The molecule has 1 aliphatic heterocycles. The Kier molecular flexibility index (Phi) is 3.90. The fourth-order valence-corrected chi connectivity index (χ4v) is 2.73. The van der Waals surface area contributed by atoms with Gasteiger partial charge in [-0.25, -0.2) is 4.39 Å². The molecule has 0 saturated carbocycles. The summed E-state index contributed by atoms with van der Waals surface area (Å²) in [5.74, 6) is -0.343. The summed E-state index contributed by atoms with van der Waals surface area (Å²) in [5.41, 5.74) is 3.19. The van der Waals surface area contributed by atoms with Crippen LogP contribution < -0.4 is 5.32 Å². The maximum atomic E-state index is 13.3. The molecule has 0 saturated heterocycles. The molecule has 2 nitrogen and oxygen atoms in total. The van der Waals surface area contributed by atoms with Gasteiger partial charge in [-0.3, -0.25) is 0 Å². The van der Waals surface area contributed by atoms with E-state index in [4.69, 9.17) is 16.3 Å². The molecule has 0 bridgehead atoms. The average Bonchev–Trinajstić information content (AvgIpc) is 2.44. The Morgan fingerprint density at radius 2 is 2.10 bits per heavy atom. The van der Waals surface area contributed by atoms with Crippen LogP contribution in [0, 0.1) is 5.82 Å². The molecule has 3 rings (SSSR count). The fraction of sp³-hybridized carbons (Fsp3) is 0.250. The highest BCUT2D eigenvalue weighted by atomic mass is 35.5. The molecule has 1 atom stereocenters. The van der Waals surface area contributed by atoms with Gasteiger partial charge in [-0.15, -0.1) is 0 Å². The quantitative estimate of drug-likeness (QED) is 0.915. The first-order chi connectivity index (χ1) is 9.72. The van der Waals surface area contributed by atoms with Crippen LogP contribution in [0.1, 0.15) is 17.2 Å². The number of fused-ring (bicyclic) bond motifs is 1. The number of benzene rings is 2. The van der Waals surface area contributed by atoms with E-state index in [0.717, 1.165) is 6.42 Å². The first-order valence-corrected chi connectivity index (χ1v) is 6.99. The van der Waals surface area contributed by atoms with Crippen molar-refractivity contribution in [2.75, 3.05) is 18.5 Å². The normalized spacial score (nSPS) is 17.6. The Hall–Kier alpha value is -1.58. The first kappa shape index (κ1) is 13.4. The van der Waals surface area contributed by atoms with Gasteiger partial charge >= 0.3 is 0 Å². The maximum Gasteiger partial charge on any atom is 0.126 e. The van der Waals surface area contributed by atoms with Gasteiger partial charge in [-0.2, -0.15) is 0 Å². The number of anilines is 1. The van der Waals surface area contributed by atoms with Crippen molar-refractivity contribution in [1.29, 1.82) is 0 Å². The van der Waals surface area contributed by atoms with Crippen LogP contribution in [0.25, 0.3) is 0 Å². The molecule has 104 valence electrons. The van der Waals surface area contributed by atoms with Crippen molar-refractivity contribution >= 4 is 17.3 Å². The molecule has 0 spiro atoms. The summed E-state index contributed by atoms with van der Waals surface area (Å²) in [6, 6.07) is 12.7. The number of halogens is 2. The fourth-order valence-electron chi connectivity index (χ4n) is 2.51. The number of hydrogen-bond donors (Lipinski definition) is 1. The van der Waals surface area contributed by atoms with Crippen molar-refractivity contribution in [2.45, 2.75) is 12.5 Å². The second kappa shape index (κ2) is 5.81. The predicted molar refractivity (Wildman–Crippen MR) is 78.7 cm³/mol. The predicted octanol–water partition coefficient (Wildman–Crippen LogP) is 4.21. The van der Waals surface area contributed by atoms with Gasteiger partial charge in [0.05, 0.1) is 12.7 Å². The molecule has 0 radical (unpaired) electrons. The zero-order chi connectivity index (χ0) is 13.9. The Bertz CT molecular complexity index is 597.